The minimum absolute atomic E-state index is 0.223. The minimum Gasteiger partial charge on any atom is -0.496 e. The molecule has 0 aromatic heterocycles. The van der Waals surface area contributed by atoms with Crippen molar-refractivity contribution in [1.29, 1.82) is 0 Å². The van der Waals surface area contributed by atoms with Crippen LogP contribution < -0.4 is 4.74 Å². The molecule has 104 valence electrons. The molecule has 0 heterocycles. The Morgan fingerprint density at radius 1 is 1.42 bits per heavy atom. The van der Waals surface area contributed by atoms with Crippen LogP contribution in [-0.2, 0) is 16.1 Å². The first kappa shape index (κ1) is 15.2. The van der Waals surface area contributed by atoms with Crippen LogP contribution in [0.1, 0.15) is 12.5 Å². The van der Waals surface area contributed by atoms with Crippen LogP contribution in [0.5, 0.6) is 5.75 Å². The van der Waals surface area contributed by atoms with Gasteiger partial charge >= 0.3 is 5.97 Å². The van der Waals surface area contributed by atoms with Crippen LogP contribution in [0.25, 0.3) is 0 Å². The summed E-state index contributed by atoms with van der Waals surface area (Å²) in [5.74, 6) is 0.597. The highest BCUT2D eigenvalue weighted by Gasteiger charge is 2.12. The van der Waals surface area contributed by atoms with Crippen molar-refractivity contribution in [3.63, 3.8) is 0 Å². The Morgan fingerprint density at radius 2 is 2.16 bits per heavy atom. The molecule has 0 radical (unpaired) electrons. The summed E-state index contributed by atoms with van der Waals surface area (Å²) >= 11 is 0. The second-order valence-electron chi connectivity index (χ2n) is 4.08. The highest BCUT2D eigenvalue weighted by molar-refractivity contribution is 5.71. The Kier molecular flexibility index (Phi) is 6.68. The fourth-order valence-corrected chi connectivity index (χ4v) is 1.83. The second kappa shape index (κ2) is 8.32. The molecule has 4 nitrogen and oxygen atoms in total. The molecule has 0 saturated heterocycles. The molecular weight excluding hydrogens is 242 g/mol. The highest BCUT2D eigenvalue weighted by atomic mass is 16.5. The van der Waals surface area contributed by atoms with Crippen LogP contribution in [-0.4, -0.2) is 37.7 Å². The van der Waals surface area contributed by atoms with E-state index in [1.54, 1.807) is 20.1 Å². The number of hydrogen-bond acceptors (Lipinski definition) is 4. The number of carbonyl (C=O) groups is 1. The quantitative estimate of drug-likeness (QED) is 0.532. The van der Waals surface area contributed by atoms with Crippen molar-refractivity contribution >= 4 is 5.97 Å². The third kappa shape index (κ3) is 5.14. The normalized spacial score (nSPS) is 10.3. The lowest BCUT2D eigenvalue weighted by molar-refractivity contribution is -0.144. The van der Waals surface area contributed by atoms with Gasteiger partial charge in [0, 0.05) is 18.7 Å². The SMILES string of the molecule is C=CCN(CC(=O)OCC)Cc1ccccc1OC. The predicted octanol–water partition coefficient (Wildman–Crippen LogP) is 2.25. The molecule has 0 saturated carbocycles. The molecule has 0 atom stereocenters. The molecule has 0 bridgehead atoms. The molecule has 1 aromatic carbocycles. The Labute approximate surface area is 114 Å². The highest BCUT2D eigenvalue weighted by Crippen LogP contribution is 2.19. The van der Waals surface area contributed by atoms with Crippen LogP contribution in [0.15, 0.2) is 36.9 Å². The largest absolute Gasteiger partial charge is 0.496 e. The van der Waals surface area contributed by atoms with Crippen molar-refractivity contribution in [3.8, 4) is 5.75 Å². The summed E-state index contributed by atoms with van der Waals surface area (Å²) in [6.45, 7) is 7.40. The number of ether oxygens (including phenoxy) is 2. The third-order valence-electron chi connectivity index (χ3n) is 2.63. The third-order valence-corrected chi connectivity index (χ3v) is 2.63. The lowest BCUT2D eigenvalue weighted by atomic mass is 10.2. The van der Waals surface area contributed by atoms with Gasteiger partial charge in [0.1, 0.15) is 5.75 Å². The van der Waals surface area contributed by atoms with E-state index in [0.717, 1.165) is 11.3 Å². The summed E-state index contributed by atoms with van der Waals surface area (Å²) in [5, 5.41) is 0. The monoisotopic (exact) mass is 263 g/mol. The van der Waals surface area contributed by atoms with Gasteiger partial charge in [0.05, 0.1) is 20.3 Å². The second-order valence-corrected chi connectivity index (χ2v) is 4.08. The molecule has 1 rings (SSSR count). The lowest BCUT2D eigenvalue weighted by Crippen LogP contribution is -2.31. The van der Waals surface area contributed by atoms with Crippen LogP contribution in [0.2, 0.25) is 0 Å². The molecule has 19 heavy (non-hydrogen) atoms. The topological polar surface area (TPSA) is 38.8 Å². The molecule has 0 amide bonds. The first-order valence-electron chi connectivity index (χ1n) is 6.32. The number of nitrogens with zero attached hydrogens (tertiary/aromatic N) is 1. The fraction of sp³-hybridized carbons (Fsp3) is 0.400. The first-order chi connectivity index (χ1) is 9.21. The van der Waals surface area contributed by atoms with E-state index < -0.39 is 0 Å². The van der Waals surface area contributed by atoms with Crippen LogP contribution in [0.3, 0.4) is 0 Å². The number of para-hydroxylation sites is 1. The standard InChI is InChI=1S/C15H21NO3/c1-4-10-16(12-15(17)19-5-2)11-13-8-6-7-9-14(13)18-3/h4,6-9H,1,5,10-12H2,2-3H3. The Balaban J connectivity index is 2.71. The zero-order valence-corrected chi connectivity index (χ0v) is 11.6. The lowest BCUT2D eigenvalue weighted by Gasteiger charge is -2.20. The average Bonchev–Trinajstić information content (AvgIpc) is 2.40. The molecule has 0 aliphatic carbocycles. The zero-order chi connectivity index (χ0) is 14.1. The van der Waals surface area contributed by atoms with Crippen LogP contribution in [0, 0.1) is 0 Å². The molecule has 0 aliphatic rings. The van der Waals surface area contributed by atoms with Crippen molar-refractivity contribution < 1.29 is 14.3 Å². The molecular formula is C15H21NO3. The van der Waals surface area contributed by atoms with Gasteiger partial charge in [-0.15, -0.1) is 6.58 Å². The van der Waals surface area contributed by atoms with Crippen LogP contribution >= 0.6 is 0 Å². The van der Waals surface area contributed by atoms with Crippen molar-refractivity contribution in [1.82, 2.24) is 4.90 Å². The van der Waals surface area contributed by atoms with E-state index in [9.17, 15) is 4.79 Å². The molecule has 0 spiro atoms. The maximum Gasteiger partial charge on any atom is 0.320 e. The van der Waals surface area contributed by atoms with Gasteiger partial charge in [-0.3, -0.25) is 9.69 Å². The van der Waals surface area contributed by atoms with Gasteiger partial charge < -0.3 is 9.47 Å². The number of rotatable bonds is 8. The van der Waals surface area contributed by atoms with Gasteiger partial charge in [-0.05, 0) is 13.0 Å². The van der Waals surface area contributed by atoms with E-state index >= 15 is 0 Å². The van der Waals surface area contributed by atoms with Gasteiger partial charge in [-0.25, -0.2) is 0 Å². The summed E-state index contributed by atoms with van der Waals surface area (Å²) in [7, 11) is 1.64. The van der Waals surface area contributed by atoms with Crippen molar-refractivity contribution in [3.05, 3.63) is 42.5 Å². The summed E-state index contributed by atoms with van der Waals surface area (Å²) in [6, 6.07) is 7.77. The molecule has 1 aromatic rings. The van der Waals surface area contributed by atoms with E-state index in [4.69, 9.17) is 9.47 Å². The van der Waals surface area contributed by atoms with Crippen LogP contribution in [0.4, 0.5) is 0 Å². The molecule has 0 unspecified atom stereocenters. The summed E-state index contributed by atoms with van der Waals surface area (Å²) in [6.07, 6.45) is 1.77. The van der Waals surface area contributed by atoms with E-state index in [2.05, 4.69) is 6.58 Å². The summed E-state index contributed by atoms with van der Waals surface area (Å²) < 4.78 is 10.3. The maximum absolute atomic E-state index is 11.5. The summed E-state index contributed by atoms with van der Waals surface area (Å²) in [4.78, 5) is 13.5. The Morgan fingerprint density at radius 3 is 2.79 bits per heavy atom. The first-order valence-corrected chi connectivity index (χ1v) is 6.32. The molecule has 0 N–H and O–H groups in total. The minimum atomic E-state index is -0.223. The number of carbonyl (C=O) groups excluding carboxylic acids is 1. The number of hydrogen-bond donors (Lipinski definition) is 0. The van der Waals surface area contributed by atoms with E-state index in [-0.39, 0.29) is 12.5 Å². The number of methoxy groups -OCH3 is 1. The van der Waals surface area contributed by atoms with E-state index in [1.165, 1.54) is 0 Å². The van der Waals surface area contributed by atoms with Crippen molar-refractivity contribution in [2.24, 2.45) is 0 Å². The van der Waals surface area contributed by atoms with E-state index in [0.29, 0.717) is 19.7 Å². The van der Waals surface area contributed by atoms with Gasteiger partial charge in [0.25, 0.3) is 0 Å². The number of esters is 1. The van der Waals surface area contributed by atoms with Gasteiger partial charge in [0.2, 0.25) is 0 Å². The fourth-order valence-electron chi connectivity index (χ4n) is 1.83. The van der Waals surface area contributed by atoms with Crippen molar-refractivity contribution in [2.45, 2.75) is 13.5 Å². The zero-order valence-electron chi connectivity index (χ0n) is 11.6. The summed E-state index contributed by atoms with van der Waals surface area (Å²) in [5.41, 5.74) is 1.04. The maximum atomic E-state index is 11.5. The smallest absolute Gasteiger partial charge is 0.320 e. The van der Waals surface area contributed by atoms with Gasteiger partial charge in [-0.2, -0.15) is 0 Å². The van der Waals surface area contributed by atoms with E-state index in [1.807, 2.05) is 29.2 Å². The molecule has 0 fully saturated rings. The molecule has 0 aliphatic heterocycles. The molecule has 4 heteroatoms. The Bertz CT molecular complexity index is 418. The Hall–Kier alpha value is -1.81. The van der Waals surface area contributed by atoms with Gasteiger partial charge in [0.15, 0.2) is 0 Å². The van der Waals surface area contributed by atoms with Crippen molar-refractivity contribution in [2.75, 3.05) is 26.8 Å². The average molecular weight is 263 g/mol. The van der Waals surface area contributed by atoms with Gasteiger partial charge in [-0.1, -0.05) is 24.3 Å². The number of benzene rings is 1. The predicted molar refractivity (Wildman–Crippen MR) is 75.1 cm³/mol.